The Kier molecular flexibility index (Phi) is 7.37. The lowest BCUT2D eigenvalue weighted by atomic mass is 10.1. The molecule has 0 saturated carbocycles. The van der Waals surface area contributed by atoms with Crippen LogP contribution in [0.5, 0.6) is 0 Å². The maximum atomic E-state index is 12.7. The van der Waals surface area contributed by atoms with Crippen molar-refractivity contribution in [2.45, 2.75) is 19.4 Å². The molecule has 0 spiro atoms. The Hall–Kier alpha value is -2.93. The van der Waals surface area contributed by atoms with Gasteiger partial charge in [-0.1, -0.05) is 60.1 Å². The number of unbranched alkanes of at least 4 members (excludes halogenated alkanes) is 1. The molecule has 3 N–H and O–H groups in total. The van der Waals surface area contributed by atoms with Crippen molar-refractivity contribution in [3.8, 4) is 11.3 Å². The fourth-order valence-electron chi connectivity index (χ4n) is 3.53. The van der Waals surface area contributed by atoms with Gasteiger partial charge in [0.15, 0.2) is 4.80 Å². The average molecular weight is 465 g/mol. The molecule has 4 rings (SSSR count). The molecule has 4 aromatic rings. The molecule has 7 heteroatoms. The van der Waals surface area contributed by atoms with E-state index in [2.05, 4.69) is 23.5 Å². The van der Waals surface area contributed by atoms with Crippen molar-refractivity contribution in [1.82, 2.24) is 9.88 Å². The summed E-state index contributed by atoms with van der Waals surface area (Å²) in [5.74, 6) is -0.0463. The average Bonchev–Trinajstić information content (AvgIpc) is 3.19. The maximum Gasteiger partial charge on any atom is 0.240 e. The lowest BCUT2D eigenvalue weighted by Crippen LogP contribution is -2.32. The molecule has 0 aliphatic carbocycles. The minimum Gasteiger partial charge on any atom is -0.355 e. The van der Waals surface area contributed by atoms with Gasteiger partial charge in [-0.05, 0) is 48.5 Å². The quantitative estimate of drug-likeness (QED) is 0.355. The van der Waals surface area contributed by atoms with E-state index in [0.29, 0.717) is 18.1 Å². The van der Waals surface area contributed by atoms with Crippen LogP contribution in [-0.4, -0.2) is 23.6 Å². The number of aromatic nitrogens is 1. The third-order valence-electron chi connectivity index (χ3n) is 5.18. The van der Waals surface area contributed by atoms with E-state index in [-0.39, 0.29) is 12.5 Å². The van der Waals surface area contributed by atoms with Crippen LogP contribution in [0.25, 0.3) is 22.0 Å². The Morgan fingerprint density at radius 2 is 1.81 bits per heavy atom. The van der Waals surface area contributed by atoms with Gasteiger partial charge in [0, 0.05) is 22.3 Å². The van der Waals surface area contributed by atoms with Gasteiger partial charge in [-0.15, -0.1) is 11.3 Å². The second-order valence-electron chi connectivity index (χ2n) is 7.45. The molecule has 164 valence electrons. The third-order valence-corrected chi connectivity index (χ3v) is 6.29. The summed E-state index contributed by atoms with van der Waals surface area (Å²) in [5, 5.41) is 7.91. The number of carbonyl (C=O) groups excluding carboxylic acids is 1. The van der Waals surface area contributed by atoms with E-state index in [1.165, 1.54) is 11.3 Å². The number of fused-ring (bicyclic) bond motifs is 1. The van der Waals surface area contributed by atoms with Crippen LogP contribution in [0, 0.1) is 0 Å². The molecule has 0 atom stereocenters. The highest BCUT2D eigenvalue weighted by molar-refractivity contribution is 7.07. The SMILES string of the molecule is NCCCCNC(=O)Cn1c(-c2ccc(Cl)cc2)cs/c1=N\c1cccc2ccccc12. The second kappa shape index (κ2) is 10.6. The van der Waals surface area contributed by atoms with Gasteiger partial charge in [0.1, 0.15) is 6.54 Å². The maximum absolute atomic E-state index is 12.7. The molecule has 1 amide bonds. The normalized spacial score (nSPS) is 11.8. The summed E-state index contributed by atoms with van der Waals surface area (Å²) in [7, 11) is 0. The fraction of sp³-hybridized carbons (Fsp3) is 0.200. The minimum atomic E-state index is -0.0463. The smallest absolute Gasteiger partial charge is 0.240 e. The Balaban J connectivity index is 1.74. The van der Waals surface area contributed by atoms with Gasteiger partial charge < -0.3 is 15.6 Å². The van der Waals surface area contributed by atoms with Crippen LogP contribution < -0.4 is 15.9 Å². The Morgan fingerprint density at radius 3 is 2.62 bits per heavy atom. The van der Waals surface area contributed by atoms with E-state index in [1.54, 1.807) is 0 Å². The van der Waals surface area contributed by atoms with Crippen LogP contribution in [0.2, 0.25) is 5.02 Å². The summed E-state index contributed by atoms with van der Waals surface area (Å²) in [6.07, 6.45) is 1.76. The van der Waals surface area contributed by atoms with Crippen molar-refractivity contribution in [1.29, 1.82) is 0 Å². The number of thiazole rings is 1. The molecule has 32 heavy (non-hydrogen) atoms. The zero-order valence-electron chi connectivity index (χ0n) is 17.6. The molecule has 5 nitrogen and oxygen atoms in total. The summed E-state index contributed by atoms with van der Waals surface area (Å²) < 4.78 is 1.97. The van der Waals surface area contributed by atoms with Crippen LogP contribution in [0.4, 0.5) is 5.69 Å². The largest absolute Gasteiger partial charge is 0.355 e. The Labute approximate surface area is 196 Å². The van der Waals surface area contributed by atoms with Gasteiger partial charge in [0.05, 0.1) is 11.4 Å². The van der Waals surface area contributed by atoms with E-state index in [9.17, 15) is 4.79 Å². The molecular weight excluding hydrogens is 440 g/mol. The minimum absolute atomic E-state index is 0.0463. The van der Waals surface area contributed by atoms with Crippen molar-refractivity contribution >= 4 is 45.3 Å². The monoisotopic (exact) mass is 464 g/mol. The number of nitrogens with two attached hydrogens (primary N) is 1. The molecule has 0 fully saturated rings. The van der Waals surface area contributed by atoms with E-state index < -0.39 is 0 Å². The van der Waals surface area contributed by atoms with Crippen LogP contribution in [-0.2, 0) is 11.3 Å². The van der Waals surface area contributed by atoms with E-state index in [0.717, 1.165) is 45.4 Å². The topological polar surface area (TPSA) is 72.4 Å². The van der Waals surface area contributed by atoms with Gasteiger partial charge in [-0.25, -0.2) is 4.99 Å². The first kappa shape index (κ1) is 22.3. The van der Waals surface area contributed by atoms with Crippen molar-refractivity contribution in [3.05, 3.63) is 81.9 Å². The van der Waals surface area contributed by atoms with E-state index in [4.69, 9.17) is 22.3 Å². The zero-order valence-corrected chi connectivity index (χ0v) is 19.2. The standard InChI is InChI=1S/C25H25ClN4OS/c26-20-12-10-19(11-13-20)23-17-32-25(30(23)16-24(31)28-15-4-3-14-27)29-22-9-5-7-18-6-1-2-8-21(18)22/h1-2,5-13,17H,3-4,14-16,27H2,(H,28,31)/b29-25-. The number of rotatable bonds is 8. The summed E-state index contributed by atoms with van der Waals surface area (Å²) in [6.45, 7) is 1.43. The highest BCUT2D eigenvalue weighted by Gasteiger charge is 2.12. The fourth-order valence-corrected chi connectivity index (χ4v) is 4.58. The summed E-state index contributed by atoms with van der Waals surface area (Å²) in [4.78, 5) is 18.4. The van der Waals surface area contributed by atoms with Gasteiger partial charge in [0.25, 0.3) is 0 Å². The van der Waals surface area contributed by atoms with Gasteiger partial charge >= 0.3 is 0 Å². The Bertz CT molecular complexity index is 1270. The van der Waals surface area contributed by atoms with E-state index in [1.807, 2.05) is 58.5 Å². The van der Waals surface area contributed by atoms with Crippen LogP contribution in [0.1, 0.15) is 12.8 Å². The van der Waals surface area contributed by atoms with Crippen LogP contribution >= 0.6 is 22.9 Å². The van der Waals surface area contributed by atoms with Crippen molar-refractivity contribution in [2.75, 3.05) is 13.1 Å². The molecule has 0 aliphatic heterocycles. The lowest BCUT2D eigenvalue weighted by Gasteiger charge is -2.10. The van der Waals surface area contributed by atoms with Crippen molar-refractivity contribution in [3.63, 3.8) is 0 Å². The number of hydrogen-bond donors (Lipinski definition) is 2. The summed E-state index contributed by atoms with van der Waals surface area (Å²) in [5.41, 5.74) is 8.34. The number of halogens is 1. The first-order valence-electron chi connectivity index (χ1n) is 10.6. The third kappa shape index (κ3) is 5.27. The van der Waals surface area contributed by atoms with Gasteiger partial charge in [0.2, 0.25) is 5.91 Å². The molecule has 0 aliphatic rings. The van der Waals surface area contributed by atoms with Crippen LogP contribution in [0.15, 0.2) is 77.1 Å². The van der Waals surface area contributed by atoms with Crippen LogP contribution in [0.3, 0.4) is 0 Å². The number of nitrogens with zero attached hydrogens (tertiary/aromatic N) is 2. The molecule has 3 aromatic carbocycles. The van der Waals surface area contributed by atoms with Gasteiger partial charge in [-0.2, -0.15) is 0 Å². The lowest BCUT2D eigenvalue weighted by molar-refractivity contribution is -0.121. The molecule has 0 bridgehead atoms. The zero-order chi connectivity index (χ0) is 22.3. The van der Waals surface area contributed by atoms with Crippen molar-refractivity contribution < 1.29 is 4.79 Å². The molecule has 0 radical (unpaired) electrons. The van der Waals surface area contributed by atoms with Crippen molar-refractivity contribution in [2.24, 2.45) is 10.7 Å². The number of nitrogens with one attached hydrogen (secondary N) is 1. The highest BCUT2D eigenvalue weighted by atomic mass is 35.5. The Morgan fingerprint density at radius 1 is 1.03 bits per heavy atom. The summed E-state index contributed by atoms with van der Waals surface area (Å²) >= 11 is 7.60. The number of carbonyl (C=O) groups is 1. The predicted molar refractivity (Wildman–Crippen MR) is 133 cm³/mol. The predicted octanol–water partition coefficient (Wildman–Crippen LogP) is 5.11. The molecule has 0 unspecified atom stereocenters. The molecule has 0 saturated heterocycles. The van der Waals surface area contributed by atoms with E-state index >= 15 is 0 Å². The first-order valence-corrected chi connectivity index (χ1v) is 11.8. The molecule has 1 heterocycles. The second-order valence-corrected chi connectivity index (χ2v) is 8.73. The summed E-state index contributed by atoms with van der Waals surface area (Å²) in [6, 6.07) is 21.9. The number of hydrogen-bond acceptors (Lipinski definition) is 4. The molecule has 1 aromatic heterocycles. The van der Waals surface area contributed by atoms with Gasteiger partial charge in [-0.3, -0.25) is 4.79 Å². The highest BCUT2D eigenvalue weighted by Crippen LogP contribution is 2.26. The molecular formula is C25H25ClN4OS. The first-order chi connectivity index (χ1) is 15.7. The number of amides is 1. The number of benzene rings is 3.